The van der Waals surface area contributed by atoms with Gasteiger partial charge in [-0.1, -0.05) is 48.0 Å². The number of sulfonamides is 1. The Morgan fingerprint density at radius 1 is 0.870 bits per heavy atom. The summed E-state index contributed by atoms with van der Waals surface area (Å²) in [4.78, 5) is 25.3. The first-order valence-electron chi connectivity index (χ1n) is 14.3. The molecule has 0 spiro atoms. The number of hydrogen-bond acceptors (Lipinski definition) is 8. The summed E-state index contributed by atoms with van der Waals surface area (Å²) in [7, 11) is -1.34. The topological polar surface area (TPSA) is 136 Å². The van der Waals surface area contributed by atoms with Crippen molar-refractivity contribution in [2.75, 3.05) is 31.7 Å². The number of anilines is 1. The second-order valence-corrected chi connectivity index (χ2v) is 12.1. The van der Waals surface area contributed by atoms with Crippen LogP contribution in [0.15, 0.2) is 107 Å². The molecule has 46 heavy (non-hydrogen) atoms. The van der Waals surface area contributed by atoms with E-state index < -0.39 is 22.5 Å². The molecule has 0 aliphatic rings. The highest BCUT2D eigenvalue weighted by Crippen LogP contribution is 2.35. The molecular weight excluding hydrogens is 608 g/mol. The second-order valence-electron chi connectivity index (χ2n) is 10.2. The highest BCUT2D eigenvalue weighted by Gasteiger charge is 2.30. The van der Waals surface area contributed by atoms with Crippen molar-refractivity contribution in [1.29, 1.82) is 0 Å². The number of carbonyl (C=O) groups excluding carboxylic acids is 2. The number of benzene rings is 4. The van der Waals surface area contributed by atoms with Crippen LogP contribution in [0.4, 0.5) is 5.69 Å². The third kappa shape index (κ3) is 8.85. The lowest BCUT2D eigenvalue weighted by molar-refractivity contribution is -0.123. The van der Waals surface area contributed by atoms with Crippen molar-refractivity contribution in [3.05, 3.63) is 114 Å². The molecule has 0 heterocycles. The maximum Gasteiger partial charge on any atom is 0.264 e. The van der Waals surface area contributed by atoms with E-state index in [2.05, 4.69) is 15.8 Å². The van der Waals surface area contributed by atoms with Crippen molar-refractivity contribution in [1.82, 2.24) is 10.7 Å². The monoisotopic (exact) mass is 644 g/mol. The second kappa shape index (κ2) is 15.6. The zero-order valence-corrected chi connectivity index (χ0v) is 26.8. The van der Waals surface area contributed by atoms with Gasteiger partial charge < -0.3 is 19.5 Å². The van der Waals surface area contributed by atoms with Crippen LogP contribution in [0.3, 0.4) is 0 Å². The Hall–Kier alpha value is -5.36. The molecule has 4 aromatic rings. The number of ether oxygens (including phenoxy) is 3. The van der Waals surface area contributed by atoms with Gasteiger partial charge in [-0.25, -0.2) is 13.8 Å². The largest absolute Gasteiger partial charge is 0.497 e. The van der Waals surface area contributed by atoms with Crippen LogP contribution in [-0.2, 0) is 19.6 Å². The van der Waals surface area contributed by atoms with Crippen LogP contribution in [0.2, 0.25) is 0 Å². The minimum atomic E-state index is -4.20. The number of nitrogens with one attached hydrogen (secondary N) is 2. The summed E-state index contributed by atoms with van der Waals surface area (Å²) in [5, 5.41) is 6.88. The van der Waals surface area contributed by atoms with Gasteiger partial charge in [0.05, 0.1) is 37.1 Å². The Bertz CT molecular complexity index is 1760. The van der Waals surface area contributed by atoms with Crippen molar-refractivity contribution in [2.24, 2.45) is 5.10 Å². The van der Waals surface area contributed by atoms with E-state index in [1.54, 1.807) is 48.5 Å². The minimum Gasteiger partial charge on any atom is -0.497 e. The van der Waals surface area contributed by atoms with Crippen LogP contribution < -0.4 is 29.3 Å². The molecule has 1 unspecified atom stereocenters. The molecule has 0 aliphatic carbocycles. The Labute approximate surface area is 268 Å². The molecule has 0 saturated heterocycles. The highest BCUT2D eigenvalue weighted by molar-refractivity contribution is 7.92. The van der Waals surface area contributed by atoms with Gasteiger partial charge in [-0.2, -0.15) is 5.10 Å². The Morgan fingerprint density at radius 3 is 2.20 bits per heavy atom. The van der Waals surface area contributed by atoms with Crippen molar-refractivity contribution in [2.45, 2.75) is 24.8 Å². The fourth-order valence-corrected chi connectivity index (χ4v) is 5.80. The van der Waals surface area contributed by atoms with Gasteiger partial charge in [-0.15, -0.1) is 0 Å². The van der Waals surface area contributed by atoms with Crippen LogP contribution >= 0.6 is 0 Å². The standard InChI is InChI=1S/C34H36N4O7S/c1-24-10-17-30(18-11-24)46(41,42)38(31-20-29(43-3)16-19-32(31)44-4)22-33(39)37-35-21-26-12-14-28(15-13-26)45-23-34(40)36-25(2)27-8-6-5-7-9-27/h5-21,25H,22-23H2,1-4H3,(H,36,40)(H,37,39)/b35-21+. The number of aryl methyl sites for hydroxylation is 1. The molecule has 0 aliphatic heterocycles. The van der Waals surface area contributed by atoms with E-state index in [1.807, 2.05) is 44.2 Å². The number of rotatable bonds is 14. The van der Waals surface area contributed by atoms with Gasteiger partial charge in [0, 0.05) is 6.07 Å². The molecule has 0 bridgehead atoms. The maximum absolute atomic E-state index is 13.8. The lowest BCUT2D eigenvalue weighted by Gasteiger charge is -2.25. The molecule has 4 aromatic carbocycles. The van der Waals surface area contributed by atoms with Crippen LogP contribution in [0.5, 0.6) is 17.2 Å². The smallest absolute Gasteiger partial charge is 0.264 e. The lowest BCUT2D eigenvalue weighted by Crippen LogP contribution is -2.39. The van der Waals surface area contributed by atoms with Gasteiger partial charge in [0.15, 0.2) is 6.61 Å². The maximum atomic E-state index is 13.8. The van der Waals surface area contributed by atoms with E-state index in [9.17, 15) is 18.0 Å². The molecule has 240 valence electrons. The molecule has 0 fully saturated rings. The van der Waals surface area contributed by atoms with Gasteiger partial charge in [-0.3, -0.25) is 13.9 Å². The van der Waals surface area contributed by atoms with Crippen LogP contribution in [0.25, 0.3) is 0 Å². The fraction of sp³-hybridized carbons (Fsp3) is 0.206. The Balaban J connectivity index is 1.39. The molecule has 0 saturated carbocycles. The quantitative estimate of drug-likeness (QED) is 0.151. The van der Waals surface area contributed by atoms with Crippen LogP contribution in [0.1, 0.15) is 29.7 Å². The van der Waals surface area contributed by atoms with E-state index in [0.29, 0.717) is 17.1 Å². The molecule has 2 amide bonds. The third-order valence-electron chi connectivity index (χ3n) is 6.88. The molecule has 1 atom stereocenters. The van der Waals surface area contributed by atoms with E-state index in [4.69, 9.17) is 14.2 Å². The molecule has 12 heteroatoms. The van der Waals surface area contributed by atoms with E-state index in [0.717, 1.165) is 15.4 Å². The molecule has 11 nitrogen and oxygen atoms in total. The van der Waals surface area contributed by atoms with Gasteiger partial charge in [-0.05, 0) is 73.5 Å². The number of methoxy groups -OCH3 is 2. The van der Waals surface area contributed by atoms with E-state index in [1.165, 1.54) is 38.6 Å². The summed E-state index contributed by atoms with van der Waals surface area (Å²) in [6, 6.07) is 27.2. The number of hydrazone groups is 1. The number of amides is 2. The first-order chi connectivity index (χ1) is 22.1. The summed E-state index contributed by atoms with van der Waals surface area (Å²) in [6.45, 7) is 3.00. The third-order valence-corrected chi connectivity index (χ3v) is 8.65. The highest BCUT2D eigenvalue weighted by atomic mass is 32.2. The summed E-state index contributed by atoms with van der Waals surface area (Å²) >= 11 is 0. The molecule has 4 rings (SSSR count). The number of hydrogen-bond donors (Lipinski definition) is 2. The number of nitrogens with zero attached hydrogens (tertiary/aromatic N) is 2. The van der Waals surface area contributed by atoms with Crippen LogP contribution in [-0.4, -0.2) is 53.8 Å². The SMILES string of the molecule is COc1ccc(OC)c(N(CC(=O)N/N=C/c2ccc(OCC(=O)NC(C)c3ccccc3)cc2)S(=O)(=O)c2ccc(C)cc2)c1. The molecule has 2 N–H and O–H groups in total. The lowest BCUT2D eigenvalue weighted by atomic mass is 10.1. The first kappa shape index (κ1) is 33.5. The van der Waals surface area contributed by atoms with E-state index in [-0.39, 0.29) is 34.9 Å². The number of carbonyl (C=O) groups is 2. The first-order valence-corrected chi connectivity index (χ1v) is 15.7. The van der Waals surface area contributed by atoms with Crippen LogP contribution in [0, 0.1) is 6.92 Å². The van der Waals surface area contributed by atoms with E-state index >= 15 is 0 Å². The summed E-state index contributed by atoms with van der Waals surface area (Å²) in [6.07, 6.45) is 1.40. The predicted octanol–water partition coefficient (Wildman–Crippen LogP) is 4.61. The molecule has 0 aromatic heterocycles. The van der Waals surface area contributed by atoms with Crippen molar-refractivity contribution in [3.63, 3.8) is 0 Å². The molecular formula is C34H36N4O7S. The van der Waals surface area contributed by atoms with Gasteiger partial charge >= 0.3 is 0 Å². The normalized spacial score (nSPS) is 11.8. The average molecular weight is 645 g/mol. The zero-order chi connectivity index (χ0) is 33.1. The summed E-state index contributed by atoms with van der Waals surface area (Å²) in [5.74, 6) is 0.154. The van der Waals surface area contributed by atoms with Crippen molar-refractivity contribution in [3.8, 4) is 17.2 Å². The van der Waals surface area contributed by atoms with Gasteiger partial charge in [0.1, 0.15) is 23.8 Å². The molecule has 0 radical (unpaired) electrons. The fourth-order valence-electron chi connectivity index (χ4n) is 4.38. The predicted molar refractivity (Wildman–Crippen MR) is 176 cm³/mol. The van der Waals surface area contributed by atoms with Gasteiger partial charge in [0.2, 0.25) is 0 Å². The Morgan fingerprint density at radius 2 is 1.54 bits per heavy atom. The van der Waals surface area contributed by atoms with Gasteiger partial charge in [0.25, 0.3) is 21.8 Å². The average Bonchev–Trinajstić information content (AvgIpc) is 3.07. The Kier molecular flexibility index (Phi) is 11.4. The summed E-state index contributed by atoms with van der Waals surface area (Å²) < 4.78 is 44.8. The van der Waals surface area contributed by atoms with Crippen molar-refractivity contribution < 1.29 is 32.2 Å². The summed E-state index contributed by atoms with van der Waals surface area (Å²) in [5.41, 5.74) is 5.02. The minimum absolute atomic E-state index is 0.00442. The van der Waals surface area contributed by atoms with Crippen molar-refractivity contribution >= 4 is 33.7 Å². The zero-order valence-electron chi connectivity index (χ0n) is 26.0.